The molecule has 1 aromatic carbocycles. The standard InChI is InChI=1S/C18H22Cl2N4O4S/c1-18(12-5-6-12)16(25)24(17(26)21-18)11-22-7-9-23(10-8-22)29(27,28)14-4-2-3-13(19)15(14)20/h2-4,12H,5-11H2,1H3,(H,21,26). The van der Waals surface area contributed by atoms with E-state index in [2.05, 4.69) is 5.32 Å². The predicted octanol–water partition coefficient (Wildman–Crippen LogP) is 1.98. The van der Waals surface area contributed by atoms with Crippen LogP contribution in [0.25, 0.3) is 0 Å². The molecular formula is C18H22Cl2N4O4S. The molecule has 1 saturated carbocycles. The summed E-state index contributed by atoms with van der Waals surface area (Å²) in [7, 11) is -3.78. The number of carbonyl (C=O) groups excluding carboxylic acids is 2. The Morgan fingerprint density at radius 3 is 2.41 bits per heavy atom. The Bertz CT molecular complexity index is 961. The van der Waals surface area contributed by atoms with Crippen molar-refractivity contribution in [3.63, 3.8) is 0 Å². The molecule has 1 atom stereocenters. The van der Waals surface area contributed by atoms with Gasteiger partial charge in [0.2, 0.25) is 10.0 Å². The molecule has 3 fully saturated rings. The molecule has 1 aliphatic carbocycles. The van der Waals surface area contributed by atoms with E-state index in [1.165, 1.54) is 21.3 Å². The van der Waals surface area contributed by atoms with Crippen molar-refractivity contribution in [3.05, 3.63) is 28.2 Å². The van der Waals surface area contributed by atoms with Crippen molar-refractivity contribution in [1.29, 1.82) is 0 Å². The Kier molecular flexibility index (Phi) is 5.31. The van der Waals surface area contributed by atoms with E-state index < -0.39 is 15.6 Å². The van der Waals surface area contributed by atoms with Gasteiger partial charge < -0.3 is 5.32 Å². The second-order valence-electron chi connectivity index (χ2n) is 7.86. The zero-order chi connectivity index (χ0) is 21.0. The van der Waals surface area contributed by atoms with Gasteiger partial charge in [-0.25, -0.2) is 18.1 Å². The van der Waals surface area contributed by atoms with E-state index in [0.29, 0.717) is 13.1 Å². The monoisotopic (exact) mass is 460 g/mol. The number of carbonyl (C=O) groups is 2. The van der Waals surface area contributed by atoms with E-state index in [-0.39, 0.29) is 52.6 Å². The molecule has 1 N–H and O–H groups in total. The van der Waals surface area contributed by atoms with Gasteiger partial charge in [-0.05, 0) is 37.8 Å². The van der Waals surface area contributed by atoms with Crippen LogP contribution in [0.2, 0.25) is 10.0 Å². The fraction of sp³-hybridized carbons (Fsp3) is 0.556. The molecule has 2 aliphatic heterocycles. The first-order chi connectivity index (χ1) is 13.6. The van der Waals surface area contributed by atoms with Gasteiger partial charge in [0.1, 0.15) is 10.4 Å². The van der Waals surface area contributed by atoms with Gasteiger partial charge in [0.15, 0.2) is 0 Å². The SMILES string of the molecule is CC1(C2CC2)NC(=O)N(CN2CCN(S(=O)(=O)c3cccc(Cl)c3Cl)CC2)C1=O. The highest BCUT2D eigenvalue weighted by Gasteiger charge is 2.56. The number of nitrogens with zero attached hydrogens (tertiary/aromatic N) is 3. The minimum Gasteiger partial charge on any atom is -0.323 e. The van der Waals surface area contributed by atoms with Crippen molar-refractivity contribution in [1.82, 2.24) is 19.4 Å². The zero-order valence-corrected chi connectivity index (χ0v) is 18.2. The third-order valence-corrected chi connectivity index (χ3v) is 8.77. The summed E-state index contributed by atoms with van der Waals surface area (Å²) in [5.41, 5.74) is -0.814. The Hall–Kier alpha value is -1.39. The molecule has 29 heavy (non-hydrogen) atoms. The first kappa shape index (κ1) is 20.9. The van der Waals surface area contributed by atoms with Gasteiger partial charge in [0.05, 0.1) is 16.7 Å². The molecule has 3 aliphatic rings. The number of sulfonamides is 1. The summed E-state index contributed by atoms with van der Waals surface area (Å²) >= 11 is 12.0. The number of benzene rings is 1. The summed E-state index contributed by atoms with van der Waals surface area (Å²) in [5.74, 6) is -0.000791. The maximum Gasteiger partial charge on any atom is 0.326 e. The van der Waals surface area contributed by atoms with Crippen molar-refractivity contribution >= 4 is 45.2 Å². The van der Waals surface area contributed by atoms with Gasteiger partial charge in [0.25, 0.3) is 5.91 Å². The molecule has 0 radical (unpaired) electrons. The molecule has 1 aromatic rings. The lowest BCUT2D eigenvalue weighted by Crippen LogP contribution is -2.53. The maximum atomic E-state index is 12.9. The summed E-state index contributed by atoms with van der Waals surface area (Å²) in [4.78, 5) is 28.2. The first-order valence-corrected chi connectivity index (χ1v) is 11.6. The Labute approximate surface area is 179 Å². The van der Waals surface area contributed by atoms with E-state index in [1.54, 1.807) is 13.0 Å². The Morgan fingerprint density at radius 2 is 1.79 bits per heavy atom. The van der Waals surface area contributed by atoms with E-state index in [0.717, 1.165) is 12.8 Å². The third-order valence-electron chi connectivity index (χ3n) is 5.90. The molecule has 0 aromatic heterocycles. The number of amides is 3. The molecular weight excluding hydrogens is 439 g/mol. The molecule has 0 bridgehead atoms. The van der Waals surface area contributed by atoms with E-state index in [4.69, 9.17) is 23.2 Å². The summed E-state index contributed by atoms with van der Waals surface area (Å²) in [5, 5.41) is 3.02. The quantitative estimate of drug-likeness (QED) is 0.678. The summed E-state index contributed by atoms with van der Waals surface area (Å²) < 4.78 is 27.2. The maximum absolute atomic E-state index is 12.9. The normalized spacial score (nSPS) is 26.8. The van der Waals surface area contributed by atoms with Gasteiger partial charge in [-0.15, -0.1) is 0 Å². The van der Waals surface area contributed by atoms with E-state index in [9.17, 15) is 18.0 Å². The second kappa shape index (κ2) is 7.39. The largest absolute Gasteiger partial charge is 0.326 e. The topological polar surface area (TPSA) is 90.0 Å². The van der Waals surface area contributed by atoms with Crippen LogP contribution in [0.15, 0.2) is 23.1 Å². The molecule has 11 heteroatoms. The van der Waals surface area contributed by atoms with E-state index >= 15 is 0 Å². The van der Waals surface area contributed by atoms with Crippen molar-refractivity contribution < 1.29 is 18.0 Å². The average Bonchev–Trinajstić information content (AvgIpc) is 3.50. The summed E-state index contributed by atoms with van der Waals surface area (Å²) in [6, 6.07) is 4.13. The second-order valence-corrected chi connectivity index (χ2v) is 10.5. The molecule has 4 rings (SSSR count). The number of hydrogen-bond donors (Lipinski definition) is 1. The third kappa shape index (κ3) is 3.63. The Morgan fingerprint density at radius 1 is 1.14 bits per heavy atom. The summed E-state index contributed by atoms with van der Waals surface area (Å²) in [6.45, 7) is 3.19. The van der Waals surface area contributed by atoms with Crippen LogP contribution in [0.4, 0.5) is 4.79 Å². The molecule has 3 amide bonds. The number of hydrogen-bond acceptors (Lipinski definition) is 5. The van der Waals surface area contributed by atoms with Crippen LogP contribution in [0.3, 0.4) is 0 Å². The number of piperazine rings is 1. The van der Waals surface area contributed by atoms with Crippen LogP contribution in [-0.4, -0.2) is 72.8 Å². The highest BCUT2D eigenvalue weighted by atomic mass is 35.5. The molecule has 1 unspecified atom stereocenters. The summed E-state index contributed by atoms with van der Waals surface area (Å²) in [6.07, 6.45) is 1.89. The molecule has 8 nitrogen and oxygen atoms in total. The van der Waals surface area contributed by atoms with Crippen LogP contribution in [0, 0.1) is 5.92 Å². The molecule has 158 valence electrons. The van der Waals surface area contributed by atoms with Gasteiger partial charge >= 0.3 is 6.03 Å². The number of urea groups is 1. The number of rotatable bonds is 5. The van der Waals surface area contributed by atoms with Gasteiger partial charge in [0, 0.05) is 26.2 Å². The highest BCUT2D eigenvalue weighted by molar-refractivity contribution is 7.89. The van der Waals surface area contributed by atoms with Gasteiger partial charge in [-0.1, -0.05) is 29.3 Å². The molecule has 2 heterocycles. The van der Waals surface area contributed by atoms with Crippen molar-refractivity contribution in [2.45, 2.75) is 30.2 Å². The zero-order valence-electron chi connectivity index (χ0n) is 15.9. The van der Waals surface area contributed by atoms with Crippen LogP contribution < -0.4 is 5.32 Å². The number of imide groups is 1. The fourth-order valence-corrected chi connectivity index (χ4v) is 6.07. The predicted molar refractivity (Wildman–Crippen MR) is 108 cm³/mol. The Balaban J connectivity index is 1.40. The van der Waals surface area contributed by atoms with Crippen LogP contribution in [0.1, 0.15) is 19.8 Å². The van der Waals surface area contributed by atoms with Gasteiger partial charge in [-0.3, -0.25) is 9.69 Å². The van der Waals surface area contributed by atoms with Crippen molar-refractivity contribution in [3.8, 4) is 0 Å². The van der Waals surface area contributed by atoms with Crippen LogP contribution >= 0.6 is 23.2 Å². The van der Waals surface area contributed by atoms with Crippen molar-refractivity contribution in [2.24, 2.45) is 5.92 Å². The van der Waals surface area contributed by atoms with E-state index in [1.807, 2.05) is 4.90 Å². The lowest BCUT2D eigenvalue weighted by Gasteiger charge is -2.35. The van der Waals surface area contributed by atoms with Crippen LogP contribution in [0.5, 0.6) is 0 Å². The van der Waals surface area contributed by atoms with Crippen LogP contribution in [-0.2, 0) is 14.8 Å². The lowest BCUT2D eigenvalue weighted by molar-refractivity contribution is -0.133. The van der Waals surface area contributed by atoms with Gasteiger partial charge in [-0.2, -0.15) is 4.31 Å². The van der Waals surface area contributed by atoms with Crippen molar-refractivity contribution in [2.75, 3.05) is 32.8 Å². The fourth-order valence-electron chi connectivity index (χ4n) is 3.92. The minimum atomic E-state index is -3.78. The first-order valence-electron chi connectivity index (χ1n) is 9.45. The highest BCUT2D eigenvalue weighted by Crippen LogP contribution is 2.42. The number of nitrogens with one attached hydrogen (secondary N) is 1. The lowest BCUT2D eigenvalue weighted by atomic mass is 9.96. The average molecular weight is 461 g/mol. The minimum absolute atomic E-state index is 0.00953. The molecule has 2 saturated heterocycles. The molecule has 0 spiro atoms. The number of halogens is 2. The smallest absolute Gasteiger partial charge is 0.323 e.